The molecule has 0 aromatic heterocycles. The topological polar surface area (TPSA) is 267 Å². The van der Waals surface area contributed by atoms with E-state index < -0.39 is 82.6 Å². The first-order chi connectivity index (χ1) is 39.3. The number of nitrogens with zero attached hydrogens (tertiary/aromatic N) is 6. The number of benzene rings is 4. The van der Waals surface area contributed by atoms with Gasteiger partial charge in [-0.3, -0.25) is 14.4 Å². The summed E-state index contributed by atoms with van der Waals surface area (Å²) in [6.07, 6.45) is -0.259. The fourth-order valence-corrected chi connectivity index (χ4v) is 8.68. The average Bonchev–Trinajstić information content (AvgIpc) is 3.53. The molecule has 0 saturated heterocycles. The van der Waals surface area contributed by atoms with Crippen LogP contribution < -0.4 is 21.5 Å². The van der Waals surface area contributed by atoms with Crippen LogP contribution in [-0.2, 0) is 52.8 Å². The van der Waals surface area contributed by atoms with E-state index in [0.717, 1.165) is 31.7 Å². The van der Waals surface area contributed by atoms with Crippen molar-refractivity contribution in [1.82, 2.24) is 24.9 Å². The van der Waals surface area contributed by atoms with Crippen molar-refractivity contribution in [2.75, 3.05) is 32.7 Å². The minimum atomic E-state index is -1.21. The molecule has 454 valence electrons. The van der Waals surface area contributed by atoms with Crippen molar-refractivity contribution in [3.8, 4) is 5.75 Å². The Morgan fingerprint density at radius 3 is 1.61 bits per heavy atom. The molecule has 84 heavy (non-hydrogen) atoms. The van der Waals surface area contributed by atoms with Crippen molar-refractivity contribution in [2.24, 2.45) is 21.5 Å². The summed E-state index contributed by atoms with van der Waals surface area (Å²) in [7, 11) is 0. The number of amides is 7. The van der Waals surface area contributed by atoms with E-state index in [4.69, 9.17) is 35.2 Å². The zero-order chi connectivity index (χ0) is 62.0. The number of carbonyl (C=O) groups is 7. The third-order valence-corrected chi connectivity index (χ3v) is 12.4. The summed E-state index contributed by atoms with van der Waals surface area (Å²) in [5.74, 6) is -1.66. The SMILES string of the molecule is CC(C)(C)OC(=O)/N=C(\N)N(CCC[C@@H]1CN(C(=O)Cc2ccc3ccccc3c2)C/C=C/CN(C(=O)Cc2ccc(OCc3ccccc3)cc2)[C@H](CCCN(C(=O)OC(C)(C)C)/C(N)=N/C(=O)OC(C)(C)C)C(=O)N1)C(=O)OC(C)(C)C. The van der Waals surface area contributed by atoms with E-state index in [1.165, 1.54) is 4.90 Å². The number of nitrogens with two attached hydrogens (primary N) is 2. The Labute approximate surface area is 493 Å². The maximum Gasteiger partial charge on any atom is 0.437 e. The lowest BCUT2D eigenvalue weighted by Crippen LogP contribution is -2.54. The molecule has 4 aromatic rings. The van der Waals surface area contributed by atoms with Gasteiger partial charge >= 0.3 is 24.4 Å². The number of fused-ring (bicyclic) bond motifs is 1. The second-order valence-electron chi connectivity index (χ2n) is 24.4. The molecule has 1 heterocycles. The molecule has 0 spiro atoms. The van der Waals surface area contributed by atoms with Crippen molar-refractivity contribution >= 4 is 64.8 Å². The highest BCUT2D eigenvalue weighted by Crippen LogP contribution is 2.22. The molecule has 5 rings (SSSR count). The van der Waals surface area contributed by atoms with Gasteiger partial charge < -0.3 is 50.3 Å². The first kappa shape index (κ1) is 66.3. The van der Waals surface area contributed by atoms with Crippen LogP contribution in [-0.4, -0.2) is 141 Å². The largest absolute Gasteiger partial charge is 0.489 e. The molecular weight excluding hydrogens is 1070 g/mol. The number of guanidine groups is 2. The predicted octanol–water partition coefficient (Wildman–Crippen LogP) is 9.82. The van der Waals surface area contributed by atoms with Gasteiger partial charge in [0.15, 0.2) is 0 Å². The van der Waals surface area contributed by atoms with E-state index in [9.17, 15) is 28.8 Å². The summed E-state index contributed by atoms with van der Waals surface area (Å²) in [4.78, 5) is 111. The van der Waals surface area contributed by atoms with Crippen LogP contribution in [0.3, 0.4) is 0 Å². The third kappa shape index (κ3) is 23.0. The molecule has 0 fully saturated rings. The molecule has 7 amide bonds. The van der Waals surface area contributed by atoms with Gasteiger partial charge in [-0.15, -0.1) is 9.98 Å². The highest BCUT2D eigenvalue weighted by molar-refractivity contribution is 5.99. The van der Waals surface area contributed by atoms with Gasteiger partial charge in [-0.05, 0) is 148 Å². The Hall–Kier alpha value is -8.49. The Kier molecular flexibility index (Phi) is 23.4. The Bertz CT molecular complexity index is 3010. The quantitative estimate of drug-likeness (QED) is 0.0433. The standard InChI is InChI=1S/C63H85N9O12/c1-60(2,3)81-56(76)67-54(64)71(58(78)83-62(7,8)9)36-20-26-48-41-69(51(73)40-45-28-31-46-24-16-17-25-47(46)38-45)34-18-19-35-70(52(74)39-43-29-32-49(33-30-43)80-42-44-22-14-13-15-23-44)50(53(75)66-48)27-21-37-72(59(79)84-63(10,11)12)55(65)68-57(77)82-61(4,5)6/h13-19,22-25,28-33,38,48,50H,20-21,26-27,34-37,39-42H2,1-12H3,(H,66,75)(H2,64,67,76)(H2,65,68,77)/b19-18+/t48-,50-/m1/s1. The van der Waals surface area contributed by atoms with Gasteiger partial charge in [-0.1, -0.05) is 97.1 Å². The normalized spacial score (nSPS) is 16.1. The highest BCUT2D eigenvalue weighted by atomic mass is 16.6. The Morgan fingerprint density at radius 1 is 0.571 bits per heavy atom. The summed E-state index contributed by atoms with van der Waals surface area (Å²) in [5, 5.41) is 5.13. The summed E-state index contributed by atoms with van der Waals surface area (Å²) >= 11 is 0. The monoisotopic (exact) mass is 1160 g/mol. The minimum absolute atomic E-state index is 0.0140. The maximum absolute atomic E-state index is 15.3. The van der Waals surface area contributed by atoms with Crippen LogP contribution in [0.5, 0.6) is 5.75 Å². The molecular formula is C63H85N9O12. The smallest absolute Gasteiger partial charge is 0.437 e. The van der Waals surface area contributed by atoms with Gasteiger partial charge in [0.1, 0.15) is 40.8 Å². The van der Waals surface area contributed by atoms with Gasteiger partial charge in [-0.25, -0.2) is 29.0 Å². The van der Waals surface area contributed by atoms with Crippen LogP contribution in [0.4, 0.5) is 19.2 Å². The van der Waals surface area contributed by atoms with E-state index in [1.807, 2.05) is 72.8 Å². The second kappa shape index (κ2) is 29.7. The zero-order valence-electron chi connectivity index (χ0n) is 50.8. The molecule has 0 unspecified atom stereocenters. The lowest BCUT2D eigenvalue weighted by Gasteiger charge is -2.33. The maximum atomic E-state index is 15.3. The molecule has 0 radical (unpaired) electrons. The van der Waals surface area contributed by atoms with E-state index in [2.05, 4.69) is 15.3 Å². The third-order valence-electron chi connectivity index (χ3n) is 12.4. The fourth-order valence-electron chi connectivity index (χ4n) is 8.68. The number of hydrogen-bond acceptors (Lipinski definition) is 12. The molecule has 21 heteroatoms. The molecule has 0 aliphatic carbocycles. The van der Waals surface area contributed by atoms with E-state index in [1.54, 1.807) is 124 Å². The fraction of sp³-hybridized carbons (Fsp3) is 0.476. The molecule has 21 nitrogen and oxygen atoms in total. The number of ether oxygens (including phenoxy) is 5. The highest BCUT2D eigenvalue weighted by Gasteiger charge is 2.34. The van der Waals surface area contributed by atoms with Crippen molar-refractivity contribution in [1.29, 1.82) is 0 Å². The Morgan fingerprint density at radius 2 is 1.06 bits per heavy atom. The summed E-state index contributed by atoms with van der Waals surface area (Å²) in [6.45, 7) is 19.9. The number of aliphatic imine (C=N–C) groups is 2. The van der Waals surface area contributed by atoms with Gasteiger partial charge in [-0.2, -0.15) is 0 Å². The molecule has 5 N–H and O–H groups in total. The Balaban J connectivity index is 1.53. The molecule has 4 aromatic carbocycles. The summed E-state index contributed by atoms with van der Waals surface area (Å²) < 4.78 is 28.1. The van der Waals surface area contributed by atoms with Gasteiger partial charge in [0.05, 0.1) is 12.8 Å². The van der Waals surface area contributed by atoms with Gasteiger partial charge in [0.25, 0.3) is 0 Å². The zero-order valence-corrected chi connectivity index (χ0v) is 50.8. The summed E-state index contributed by atoms with van der Waals surface area (Å²) in [6, 6.07) is 28.4. The van der Waals surface area contributed by atoms with E-state index in [0.29, 0.717) is 17.9 Å². The van der Waals surface area contributed by atoms with Crippen molar-refractivity contribution in [2.45, 2.75) is 163 Å². The molecule has 1 aliphatic heterocycles. The second-order valence-corrected chi connectivity index (χ2v) is 24.4. The predicted molar refractivity (Wildman–Crippen MR) is 322 cm³/mol. The minimum Gasteiger partial charge on any atom is -0.489 e. The van der Waals surface area contributed by atoms with Crippen LogP contribution in [0, 0.1) is 0 Å². The van der Waals surface area contributed by atoms with Crippen LogP contribution in [0.15, 0.2) is 119 Å². The van der Waals surface area contributed by atoms with Crippen LogP contribution in [0.2, 0.25) is 0 Å². The van der Waals surface area contributed by atoms with Crippen molar-refractivity contribution in [3.63, 3.8) is 0 Å². The lowest BCUT2D eigenvalue weighted by molar-refractivity contribution is -0.140. The number of carbonyl (C=O) groups excluding carboxylic acids is 7. The van der Waals surface area contributed by atoms with Gasteiger partial charge in [0, 0.05) is 38.8 Å². The number of rotatable bonds is 15. The van der Waals surface area contributed by atoms with E-state index >= 15 is 4.79 Å². The summed E-state index contributed by atoms with van der Waals surface area (Å²) in [5.41, 5.74) is 11.3. The van der Waals surface area contributed by atoms with Crippen LogP contribution in [0.25, 0.3) is 10.8 Å². The number of hydrogen-bond donors (Lipinski definition) is 3. The molecule has 1 aliphatic rings. The molecule has 0 bridgehead atoms. The van der Waals surface area contributed by atoms with Crippen LogP contribution in [0.1, 0.15) is 125 Å². The first-order valence-electron chi connectivity index (χ1n) is 28.2. The number of nitrogens with one attached hydrogen (secondary N) is 1. The average molecular weight is 1160 g/mol. The van der Waals surface area contributed by atoms with Crippen molar-refractivity contribution < 1.29 is 57.2 Å². The van der Waals surface area contributed by atoms with E-state index in [-0.39, 0.29) is 77.2 Å². The first-order valence-corrected chi connectivity index (χ1v) is 28.2. The molecule has 0 saturated carbocycles. The van der Waals surface area contributed by atoms with Crippen molar-refractivity contribution in [3.05, 3.63) is 126 Å². The molecule has 2 atom stereocenters. The lowest BCUT2D eigenvalue weighted by atomic mass is 10.0. The van der Waals surface area contributed by atoms with Crippen LogP contribution >= 0.6 is 0 Å². The van der Waals surface area contributed by atoms with Gasteiger partial charge in [0.2, 0.25) is 29.6 Å².